The highest BCUT2D eigenvalue weighted by molar-refractivity contribution is 5.94. The van der Waals surface area contributed by atoms with Gasteiger partial charge >= 0.3 is 0 Å². The molecule has 0 spiro atoms. The molecule has 0 saturated heterocycles. The van der Waals surface area contributed by atoms with Gasteiger partial charge in [0.15, 0.2) is 0 Å². The summed E-state index contributed by atoms with van der Waals surface area (Å²) < 4.78 is 5.91. The second-order valence-electron chi connectivity index (χ2n) is 6.22. The number of nitrogens with two attached hydrogens (primary N) is 1. The molecule has 1 saturated carbocycles. The molecule has 1 aromatic carbocycles. The fourth-order valence-electron chi connectivity index (χ4n) is 2.32. The maximum atomic E-state index is 12.1. The molecule has 3 N–H and O–H groups in total. The lowest BCUT2D eigenvalue weighted by molar-refractivity contribution is 0.0945. The van der Waals surface area contributed by atoms with Crippen molar-refractivity contribution in [3.63, 3.8) is 0 Å². The van der Waals surface area contributed by atoms with E-state index in [1.807, 2.05) is 26.0 Å². The van der Waals surface area contributed by atoms with Crippen LogP contribution in [0, 0.1) is 0 Å². The van der Waals surface area contributed by atoms with Gasteiger partial charge in [-0.05, 0) is 57.7 Å². The number of carbonyl (C=O) groups is 1. The number of ether oxygens (including phenoxy) is 1. The van der Waals surface area contributed by atoms with Crippen LogP contribution in [0.5, 0.6) is 5.75 Å². The lowest BCUT2D eigenvalue weighted by Gasteiger charge is -2.19. The Morgan fingerprint density at radius 3 is 2.75 bits per heavy atom. The van der Waals surface area contributed by atoms with E-state index in [9.17, 15) is 4.79 Å². The first-order valence-corrected chi connectivity index (χ1v) is 7.28. The number of hydrogen-bond donors (Lipinski definition) is 2. The molecular formula is C16H24N2O2. The zero-order valence-electron chi connectivity index (χ0n) is 12.3. The first-order chi connectivity index (χ1) is 9.44. The summed E-state index contributed by atoms with van der Waals surface area (Å²) >= 11 is 0. The van der Waals surface area contributed by atoms with Crippen molar-refractivity contribution >= 4 is 5.91 Å². The van der Waals surface area contributed by atoms with Crippen LogP contribution in [0.2, 0.25) is 0 Å². The van der Waals surface area contributed by atoms with Crippen molar-refractivity contribution < 1.29 is 9.53 Å². The van der Waals surface area contributed by atoms with Gasteiger partial charge < -0.3 is 15.8 Å². The van der Waals surface area contributed by atoms with Gasteiger partial charge in [0, 0.05) is 17.6 Å². The third-order valence-corrected chi connectivity index (χ3v) is 3.41. The van der Waals surface area contributed by atoms with Crippen LogP contribution in [-0.2, 0) is 0 Å². The fraction of sp³-hybridized carbons (Fsp3) is 0.562. The lowest BCUT2D eigenvalue weighted by atomic mass is 10.1. The maximum Gasteiger partial charge on any atom is 0.251 e. The Morgan fingerprint density at radius 1 is 1.40 bits per heavy atom. The van der Waals surface area contributed by atoms with Gasteiger partial charge in [-0.2, -0.15) is 0 Å². The zero-order valence-corrected chi connectivity index (χ0v) is 12.3. The Hall–Kier alpha value is -1.55. The van der Waals surface area contributed by atoms with E-state index in [1.165, 1.54) is 12.8 Å². The van der Waals surface area contributed by atoms with Crippen molar-refractivity contribution in [3.8, 4) is 5.75 Å². The number of nitrogens with one attached hydrogen (secondary N) is 1. The number of benzene rings is 1. The van der Waals surface area contributed by atoms with Crippen molar-refractivity contribution in [3.05, 3.63) is 29.8 Å². The summed E-state index contributed by atoms with van der Waals surface area (Å²) in [7, 11) is 0. The smallest absolute Gasteiger partial charge is 0.251 e. The van der Waals surface area contributed by atoms with Crippen LogP contribution < -0.4 is 15.8 Å². The zero-order chi connectivity index (χ0) is 14.6. The van der Waals surface area contributed by atoms with Crippen molar-refractivity contribution in [2.75, 3.05) is 6.54 Å². The topological polar surface area (TPSA) is 64.3 Å². The molecule has 1 aromatic rings. The first-order valence-electron chi connectivity index (χ1n) is 7.28. The Kier molecular flexibility index (Phi) is 4.65. The van der Waals surface area contributed by atoms with E-state index in [-0.39, 0.29) is 5.91 Å². The predicted octanol–water partition coefficient (Wildman–Crippen LogP) is 2.48. The number of hydrogen-bond acceptors (Lipinski definition) is 3. The van der Waals surface area contributed by atoms with Crippen molar-refractivity contribution in [2.24, 2.45) is 5.73 Å². The highest BCUT2D eigenvalue weighted by atomic mass is 16.5. The summed E-state index contributed by atoms with van der Waals surface area (Å²) in [5, 5.41) is 2.84. The van der Waals surface area contributed by atoms with E-state index in [0.717, 1.165) is 18.6 Å². The average molecular weight is 276 g/mol. The normalized spacial score (nSPS) is 16.1. The molecule has 0 aliphatic heterocycles. The van der Waals surface area contributed by atoms with E-state index in [0.29, 0.717) is 18.2 Å². The SMILES string of the molecule is CC(C)(N)CNC(=O)c1cccc(OC2CCCC2)c1. The molecule has 0 heterocycles. The second-order valence-corrected chi connectivity index (χ2v) is 6.22. The largest absolute Gasteiger partial charge is 0.490 e. The fourth-order valence-corrected chi connectivity index (χ4v) is 2.32. The summed E-state index contributed by atoms with van der Waals surface area (Å²) in [5.74, 6) is 0.664. The van der Waals surface area contributed by atoms with Gasteiger partial charge in [0.1, 0.15) is 5.75 Å². The van der Waals surface area contributed by atoms with Crippen molar-refractivity contribution in [1.82, 2.24) is 5.32 Å². The van der Waals surface area contributed by atoms with Gasteiger partial charge in [0.25, 0.3) is 5.91 Å². The molecule has 0 bridgehead atoms. The van der Waals surface area contributed by atoms with E-state index < -0.39 is 5.54 Å². The molecule has 0 atom stereocenters. The summed E-state index contributed by atoms with van der Waals surface area (Å²) in [6.07, 6.45) is 4.99. The summed E-state index contributed by atoms with van der Waals surface area (Å²) in [6, 6.07) is 7.35. The maximum absolute atomic E-state index is 12.1. The van der Waals surface area contributed by atoms with Crippen LogP contribution in [0.1, 0.15) is 49.9 Å². The Labute approximate surface area is 120 Å². The minimum Gasteiger partial charge on any atom is -0.490 e. The first kappa shape index (κ1) is 14.9. The third kappa shape index (κ3) is 4.53. The quantitative estimate of drug-likeness (QED) is 0.868. The highest BCUT2D eigenvalue weighted by Crippen LogP contribution is 2.24. The molecule has 1 fully saturated rings. The van der Waals surface area contributed by atoms with E-state index in [2.05, 4.69) is 5.32 Å². The van der Waals surface area contributed by atoms with Crippen LogP contribution >= 0.6 is 0 Å². The van der Waals surface area contributed by atoms with Gasteiger partial charge in [0.2, 0.25) is 0 Å². The van der Waals surface area contributed by atoms with Crippen LogP contribution in [0.3, 0.4) is 0 Å². The van der Waals surface area contributed by atoms with Crippen molar-refractivity contribution in [1.29, 1.82) is 0 Å². The monoisotopic (exact) mass is 276 g/mol. The second kappa shape index (κ2) is 6.27. The minimum absolute atomic E-state index is 0.111. The summed E-state index contributed by atoms with van der Waals surface area (Å²) in [5.41, 5.74) is 6.07. The molecule has 1 amide bonds. The van der Waals surface area contributed by atoms with E-state index >= 15 is 0 Å². The molecule has 1 aliphatic carbocycles. The van der Waals surface area contributed by atoms with Crippen LogP contribution in [0.25, 0.3) is 0 Å². The van der Waals surface area contributed by atoms with Crippen LogP contribution in [0.4, 0.5) is 0 Å². The standard InChI is InChI=1S/C16H24N2O2/c1-16(2,17)11-18-15(19)12-6-5-9-14(10-12)20-13-7-3-4-8-13/h5-6,9-10,13H,3-4,7-8,11,17H2,1-2H3,(H,18,19). The lowest BCUT2D eigenvalue weighted by Crippen LogP contribution is -2.45. The summed E-state index contributed by atoms with van der Waals surface area (Å²) in [4.78, 5) is 12.1. The molecular weight excluding hydrogens is 252 g/mol. The van der Waals surface area contributed by atoms with Crippen LogP contribution in [0.15, 0.2) is 24.3 Å². The van der Waals surface area contributed by atoms with E-state index in [4.69, 9.17) is 10.5 Å². The van der Waals surface area contributed by atoms with E-state index in [1.54, 1.807) is 12.1 Å². The van der Waals surface area contributed by atoms with Gasteiger partial charge in [0.05, 0.1) is 6.10 Å². The molecule has 1 aliphatic rings. The number of amides is 1. The molecule has 4 nitrogen and oxygen atoms in total. The van der Waals surface area contributed by atoms with Gasteiger partial charge in [-0.1, -0.05) is 6.07 Å². The minimum atomic E-state index is -0.409. The van der Waals surface area contributed by atoms with Gasteiger partial charge in [-0.15, -0.1) is 0 Å². The number of carbonyl (C=O) groups excluding carboxylic acids is 1. The Bertz CT molecular complexity index is 460. The van der Waals surface area contributed by atoms with Crippen molar-refractivity contribution in [2.45, 2.75) is 51.2 Å². The molecule has 0 radical (unpaired) electrons. The van der Waals surface area contributed by atoms with Gasteiger partial charge in [-0.25, -0.2) is 0 Å². The molecule has 0 unspecified atom stereocenters. The Balaban J connectivity index is 1.96. The highest BCUT2D eigenvalue weighted by Gasteiger charge is 2.17. The molecule has 4 heteroatoms. The Morgan fingerprint density at radius 2 is 2.10 bits per heavy atom. The van der Waals surface area contributed by atoms with Gasteiger partial charge in [-0.3, -0.25) is 4.79 Å². The molecule has 2 rings (SSSR count). The molecule has 110 valence electrons. The third-order valence-electron chi connectivity index (χ3n) is 3.41. The molecule has 0 aromatic heterocycles. The average Bonchev–Trinajstić information content (AvgIpc) is 2.88. The number of rotatable bonds is 5. The molecule has 20 heavy (non-hydrogen) atoms. The predicted molar refractivity (Wildman–Crippen MR) is 79.9 cm³/mol. The summed E-state index contributed by atoms with van der Waals surface area (Å²) in [6.45, 7) is 4.21. The van der Waals surface area contributed by atoms with Crippen LogP contribution in [-0.4, -0.2) is 24.1 Å².